The lowest BCUT2D eigenvalue weighted by molar-refractivity contribution is 0.0526. The minimum atomic E-state index is -0.279. The average molecular weight is 488 g/mol. The summed E-state index contributed by atoms with van der Waals surface area (Å²) in [5, 5.41) is 6.88. The Morgan fingerprint density at radius 1 is 1.22 bits per heavy atom. The van der Waals surface area contributed by atoms with Crippen LogP contribution in [0.1, 0.15) is 49.0 Å². The minimum absolute atomic E-state index is 0. The number of rotatable bonds is 7. The average Bonchev–Trinajstić information content (AvgIpc) is 2.67. The van der Waals surface area contributed by atoms with Crippen molar-refractivity contribution in [3.8, 4) is 0 Å². The van der Waals surface area contributed by atoms with E-state index in [9.17, 15) is 4.79 Å². The van der Waals surface area contributed by atoms with Gasteiger partial charge in [0.15, 0.2) is 5.96 Å². The molecule has 2 N–H and O–H groups in total. The number of hydrogen-bond acceptors (Lipinski definition) is 4. The zero-order valence-electron chi connectivity index (χ0n) is 16.7. The molecule has 0 aliphatic carbocycles. The van der Waals surface area contributed by atoms with E-state index < -0.39 is 0 Å². The van der Waals surface area contributed by atoms with Gasteiger partial charge in [-0.15, -0.1) is 24.0 Å². The fourth-order valence-corrected chi connectivity index (χ4v) is 3.16. The molecule has 1 aromatic carbocycles. The summed E-state index contributed by atoms with van der Waals surface area (Å²) in [6.07, 6.45) is 3.51. The molecule has 1 aromatic rings. The Morgan fingerprint density at radius 2 is 1.89 bits per heavy atom. The Morgan fingerprint density at radius 3 is 2.44 bits per heavy atom. The molecule has 1 aliphatic rings. The lowest BCUT2D eigenvalue weighted by atomic mass is 10.1. The molecule has 1 fully saturated rings. The summed E-state index contributed by atoms with van der Waals surface area (Å²) in [6.45, 7) is 8.59. The predicted octanol–water partition coefficient (Wildman–Crippen LogP) is 3.02. The maximum Gasteiger partial charge on any atom is 0.338 e. The van der Waals surface area contributed by atoms with Crippen molar-refractivity contribution in [2.24, 2.45) is 4.99 Å². The van der Waals surface area contributed by atoms with Crippen LogP contribution < -0.4 is 10.6 Å². The Kier molecular flexibility index (Phi) is 11.3. The van der Waals surface area contributed by atoms with E-state index in [0.29, 0.717) is 24.8 Å². The first-order chi connectivity index (χ1) is 12.7. The summed E-state index contributed by atoms with van der Waals surface area (Å²) in [7, 11) is 1.80. The Hall–Kier alpha value is -1.35. The first kappa shape index (κ1) is 23.7. The number of guanidine groups is 1. The highest BCUT2D eigenvalue weighted by molar-refractivity contribution is 14.0. The molecule has 1 aliphatic heterocycles. The molecule has 7 heteroatoms. The van der Waals surface area contributed by atoms with E-state index in [-0.39, 0.29) is 29.9 Å². The van der Waals surface area contributed by atoms with Crippen molar-refractivity contribution in [1.82, 2.24) is 15.5 Å². The third kappa shape index (κ3) is 8.04. The summed E-state index contributed by atoms with van der Waals surface area (Å²) in [5.74, 6) is 0.548. The highest BCUT2D eigenvalue weighted by Crippen LogP contribution is 2.10. The summed E-state index contributed by atoms with van der Waals surface area (Å²) in [4.78, 5) is 18.5. The molecule has 0 saturated carbocycles. The van der Waals surface area contributed by atoms with Gasteiger partial charge in [-0.25, -0.2) is 4.79 Å². The van der Waals surface area contributed by atoms with Crippen LogP contribution in [-0.2, 0) is 11.3 Å². The highest BCUT2D eigenvalue weighted by Gasteiger charge is 2.19. The second kappa shape index (κ2) is 12.9. The smallest absolute Gasteiger partial charge is 0.338 e. The number of benzene rings is 1. The van der Waals surface area contributed by atoms with Crippen molar-refractivity contribution in [3.05, 3.63) is 35.4 Å². The van der Waals surface area contributed by atoms with Crippen molar-refractivity contribution in [2.75, 3.05) is 33.3 Å². The number of likely N-dealkylation sites (tertiary alicyclic amines) is 1. The number of carbonyl (C=O) groups excluding carboxylic acids is 1. The monoisotopic (exact) mass is 488 g/mol. The van der Waals surface area contributed by atoms with Crippen LogP contribution in [0.2, 0.25) is 0 Å². The van der Waals surface area contributed by atoms with Crippen molar-refractivity contribution < 1.29 is 9.53 Å². The largest absolute Gasteiger partial charge is 0.462 e. The molecular formula is C20H33IN4O2. The first-order valence-corrected chi connectivity index (χ1v) is 9.61. The van der Waals surface area contributed by atoms with E-state index >= 15 is 0 Å². The number of piperidine rings is 1. The minimum Gasteiger partial charge on any atom is -0.462 e. The van der Waals surface area contributed by atoms with Crippen LogP contribution in [0.15, 0.2) is 29.3 Å². The molecule has 0 unspecified atom stereocenters. The van der Waals surface area contributed by atoms with Crippen LogP contribution >= 0.6 is 24.0 Å². The second-order valence-electron chi connectivity index (χ2n) is 6.60. The molecule has 0 spiro atoms. The van der Waals surface area contributed by atoms with E-state index in [1.807, 2.05) is 19.1 Å². The van der Waals surface area contributed by atoms with Gasteiger partial charge >= 0.3 is 5.97 Å². The number of ether oxygens (including phenoxy) is 1. The Labute approximate surface area is 180 Å². The summed E-state index contributed by atoms with van der Waals surface area (Å²) in [6, 6.07) is 7.95. The van der Waals surface area contributed by atoms with Crippen LogP contribution in [0.3, 0.4) is 0 Å². The topological polar surface area (TPSA) is 66.0 Å². The molecule has 6 nitrogen and oxygen atoms in total. The fraction of sp³-hybridized carbons (Fsp3) is 0.600. The zero-order chi connectivity index (χ0) is 18.8. The van der Waals surface area contributed by atoms with Crippen LogP contribution in [0, 0.1) is 0 Å². The number of nitrogens with zero attached hydrogens (tertiary/aromatic N) is 2. The SMILES string of the molecule is CCCN1CCC(NC(=NC)NCc2ccc(C(=O)OCC)cc2)CC1.I. The number of aliphatic imine (C=N–C) groups is 1. The normalized spacial score (nSPS) is 15.7. The Balaban J connectivity index is 0.00000364. The highest BCUT2D eigenvalue weighted by atomic mass is 127. The molecule has 0 aromatic heterocycles. The predicted molar refractivity (Wildman–Crippen MR) is 121 cm³/mol. The van der Waals surface area contributed by atoms with Crippen molar-refractivity contribution in [1.29, 1.82) is 0 Å². The quantitative estimate of drug-likeness (QED) is 0.268. The molecule has 2 rings (SSSR count). The van der Waals surface area contributed by atoms with Gasteiger partial charge in [0.1, 0.15) is 0 Å². The molecular weight excluding hydrogens is 455 g/mol. The molecule has 27 heavy (non-hydrogen) atoms. The molecule has 1 saturated heterocycles. The van der Waals surface area contributed by atoms with Gasteiger partial charge in [-0.3, -0.25) is 4.99 Å². The van der Waals surface area contributed by atoms with Gasteiger partial charge in [-0.2, -0.15) is 0 Å². The molecule has 0 radical (unpaired) electrons. The van der Waals surface area contributed by atoms with Gasteiger partial charge in [0.25, 0.3) is 0 Å². The maximum absolute atomic E-state index is 11.7. The zero-order valence-corrected chi connectivity index (χ0v) is 19.0. The molecule has 1 heterocycles. The summed E-state index contributed by atoms with van der Waals surface area (Å²) >= 11 is 0. The number of hydrogen-bond donors (Lipinski definition) is 2. The fourth-order valence-electron chi connectivity index (χ4n) is 3.16. The van der Waals surface area contributed by atoms with Gasteiger partial charge in [-0.05, 0) is 50.4 Å². The van der Waals surface area contributed by atoms with Crippen molar-refractivity contribution in [2.45, 2.75) is 45.7 Å². The second-order valence-corrected chi connectivity index (χ2v) is 6.60. The molecule has 0 atom stereocenters. The third-order valence-electron chi connectivity index (χ3n) is 4.62. The standard InChI is InChI=1S/C20H32N4O2.HI/c1-4-12-24-13-10-18(11-14-24)23-20(21-3)22-15-16-6-8-17(9-7-16)19(25)26-5-2;/h6-9,18H,4-5,10-15H2,1-3H3,(H2,21,22,23);1H. The Bertz CT molecular complexity index is 584. The van der Waals surface area contributed by atoms with Gasteiger partial charge < -0.3 is 20.3 Å². The van der Waals surface area contributed by atoms with Crippen LogP contribution in [0.25, 0.3) is 0 Å². The molecule has 152 valence electrons. The van der Waals surface area contributed by atoms with E-state index in [1.54, 1.807) is 19.2 Å². The summed E-state index contributed by atoms with van der Waals surface area (Å²) in [5.41, 5.74) is 1.68. The molecule has 0 amide bonds. The maximum atomic E-state index is 11.7. The first-order valence-electron chi connectivity index (χ1n) is 9.61. The van der Waals surface area contributed by atoms with E-state index in [1.165, 1.54) is 13.0 Å². The van der Waals surface area contributed by atoms with Crippen LogP contribution in [-0.4, -0.2) is 56.2 Å². The number of nitrogens with one attached hydrogen (secondary N) is 2. The van der Waals surface area contributed by atoms with Gasteiger partial charge in [-0.1, -0.05) is 19.1 Å². The molecule has 0 bridgehead atoms. The van der Waals surface area contributed by atoms with Gasteiger partial charge in [0, 0.05) is 32.7 Å². The van der Waals surface area contributed by atoms with Gasteiger partial charge in [0.2, 0.25) is 0 Å². The number of carbonyl (C=O) groups is 1. The van der Waals surface area contributed by atoms with E-state index in [0.717, 1.165) is 37.5 Å². The van der Waals surface area contributed by atoms with Gasteiger partial charge in [0.05, 0.1) is 12.2 Å². The van der Waals surface area contributed by atoms with E-state index in [2.05, 4.69) is 27.4 Å². The van der Waals surface area contributed by atoms with Crippen molar-refractivity contribution in [3.63, 3.8) is 0 Å². The van der Waals surface area contributed by atoms with Crippen LogP contribution in [0.4, 0.5) is 0 Å². The van der Waals surface area contributed by atoms with Crippen LogP contribution in [0.5, 0.6) is 0 Å². The lowest BCUT2D eigenvalue weighted by Crippen LogP contribution is -2.48. The van der Waals surface area contributed by atoms with Crippen molar-refractivity contribution >= 4 is 35.9 Å². The van der Waals surface area contributed by atoms with E-state index in [4.69, 9.17) is 4.74 Å². The number of halogens is 1. The number of esters is 1. The summed E-state index contributed by atoms with van der Waals surface area (Å²) < 4.78 is 5.00. The lowest BCUT2D eigenvalue weighted by Gasteiger charge is -2.32. The third-order valence-corrected chi connectivity index (χ3v) is 4.62.